The van der Waals surface area contributed by atoms with Crippen molar-refractivity contribution in [2.75, 3.05) is 7.11 Å². The molecule has 106 valence electrons. The maximum Gasteiger partial charge on any atom is 0.340 e. The third-order valence-corrected chi connectivity index (χ3v) is 3.13. The zero-order chi connectivity index (χ0) is 15.0. The topological polar surface area (TPSA) is 70.3 Å². The number of imidazole rings is 1. The van der Waals surface area contributed by atoms with Crippen molar-refractivity contribution in [3.8, 4) is 0 Å². The molecular weight excluding hydrogens is 260 g/mol. The molecular formula is C14H16N2O4. The summed E-state index contributed by atoms with van der Waals surface area (Å²) in [6, 6.07) is 4.79. The van der Waals surface area contributed by atoms with Crippen molar-refractivity contribution < 1.29 is 14.3 Å². The molecule has 0 unspecified atom stereocenters. The standard InChI is InChI=1S/C14H16N2O4/c1-8(2)15-11-7-5-6-10(13(18)20-4)12(11)16(9(3)17)14(15)19/h5-8H,1-4H3. The third-order valence-electron chi connectivity index (χ3n) is 3.13. The van der Waals surface area contributed by atoms with E-state index in [0.717, 1.165) is 4.57 Å². The lowest BCUT2D eigenvalue weighted by atomic mass is 10.1. The number of para-hydroxylation sites is 1. The van der Waals surface area contributed by atoms with Gasteiger partial charge in [-0.05, 0) is 26.0 Å². The van der Waals surface area contributed by atoms with Crippen LogP contribution in [-0.2, 0) is 4.74 Å². The lowest BCUT2D eigenvalue weighted by Crippen LogP contribution is -2.28. The normalized spacial score (nSPS) is 11.1. The number of benzene rings is 1. The van der Waals surface area contributed by atoms with E-state index in [1.807, 2.05) is 13.8 Å². The van der Waals surface area contributed by atoms with Crippen LogP contribution in [0.15, 0.2) is 23.0 Å². The number of ether oxygens (including phenoxy) is 1. The molecule has 0 aliphatic carbocycles. The molecule has 0 aliphatic heterocycles. The van der Waals surface area contributed by atoms with E-state index in [-0.39, 0.29) is 11.6 Å². The predicted octanol–water partition coefficient (Wildman–Crippen LogP) is 1.83. The van der Waals surface area contributed by atoms with Crippen LogP contribution in [0.25, 0.3) is 11.0 Å². The number of fused-ring (bicyclic) bond motifs is 1. The number of nitrogens with zero attached hydrogens (tertiary/aromatic N) is 2. The Balaban J connectivity index is 3.02. The second kappa shape index (κ2) is 4.96. The Hall–Kier alpha value is -2.37. The Morgan fingerprint density at radius 3 is 2.40 bits per heavy atom. The summed E-state index contributed by atoms with van der Waals surface area (Å²) in [6.07, 6.45) is 0. The van der Waals surface area contributed by atoms with E-state index in [9.17, 15) is 14.4 Å². The van der Waals surface area contributed by atoms with Gasteiger partial charge in [0.05, 0.1) is 23.7 Å². The molecule has 6 heteroatoms. The van der Waals surface area contributed by atoms with E-state index in [1.54, 1.807) is 12.1 Å². The fourth-order valence-corrected chi connectivity index (χ4v) is 2.33. The van der Waals surface area contributed by atoms with E-state index in [0.29, 0.717) is 11.0 Å². The fourth-order valence-electron chi connectivity index (χ4n) is 2.33. The number of esters is 1. The Bertz CT molecular complexity index is 752. The molecule has 6 nitrogen and oxygen atoms in total. The summed E-state index contributed by atoms with van der Waals surface area (Å²) < 4.78 is 7.22. The van der Waals surface area contributed by atoms with E-state index in [2.05, 4.69) is 0 Å². The average molecular weight is 276 g/mol. The molecule has 2 rings (SSSR count). The van der Waals surface area contributed by atoms with Crippen LogP contribution in [0.3, 0.4) is 0 Å². The van der Waals surface area contributed by atoms with Gasteiger partial charge < -0.3 is 4.74 Å². The van der Waals surface area contributed by atoms with E-state index in [1.165, 1.54) is 24.7 Å². The minimum atomic E-state index is -0.577. The van der Waals surface area contributed by atoms with Crippen molar-refractivity contribution in [3.05, 3.63) is 34.2 Å². The van der Waals surface area contributed by atoms with Gasteiger partial charge in [-0.25, -0.2) is 14.2 Å². The molecule has 0 bridgehead atoms. The molecule has 0 saturated carbocycles. The lowest BCUT2D eigenvalue weighted by molar-refractivity contribution is 0.0602. The van der Waals surface area contributed by atoms with Gasteiger partial charge in [0.25, 0.3) is 0 Å². The highest BCUT2D eigenvalue weighted by Gasteiger charge is 2.23. The van der Waals surface area contributed by atoms with E-state index >= 15 is 0 Å². The largest absolute Gasteiger partial charge is 0.465 e. The van der Waals surface area contributed by atoms with Crippen LogP contribution in [0.4, 0.5) is 0 Å². The van der Waals surface area contributed by atoms with Gasteiger partial charge in [0.2, 0.25) is 5.91 Å². The Morgan fingerprint density at radius 2 is 1.90 bits per heavy atom. The molecule has 0 spiro atoms. The first-order valence-corrected chi connectivity index (χ1v) is 6.25. The van der Waals surface area contributed by atoms with Crippen LogP contribution in [0.5, 0.6) is 0 Å². The zero-order valence-corrected chi connectivity index (χ0v) is 11.8. The average Bonchev–Trinajstić information content (AvgIpc) is 2.69. The molecule has 0 amide bonds. The van der Waals surface area contributed by atoms with Crippen molar-refractivity contribution in [3.63, 3.8) is 0 Å². The maximum atomic E-state index is 12.4. The summed E-state index contributed by atoms with van der Waals surface area (Å²) >= 11 is 0. The van der Waals surface area contributed by atoms with Gasteiger partial charge in [-0.3, -0.25) is 9.36 Å². The first-order chi connectivity index (χ1) is 9.40. The summed E-state index contributed by atoms with van der Waals surface area (Å²) in [4.78, 5) is 36.0. The van der Waals surface area contributed by atoms with E-state index in [4.69, 9.17) is 4.74 Å². The number of hydrogen-bond donors (Lipinski definition) is 0. The summed E-state index contributed by atoms with van der Waals surface area (Å²) in [5.74, 6) is -1.01. The van der Waals surface area contributed by atoms with Gasteiger partial charge in [-0.15, -0.1) is 0 Å². The Labute approximate surface area is 115 Å². The number of carbonyl (C=O) groups is 2. The Kier molecular flexibility index (Phi) is 3.48. The number of methoxy groups -OCH3 is 1. The fraction of sp³-hybridized carbons (Fsp3) is 0.357. The summed E-state index contributed by atoms with van der Waals surface area (Å²) in [7, 11) is 1.26. The van der Waals surface area contributed by atoms with Crippen LogP contribution >= 0.6 is 0 Å². The quantitative estimate of drug-likeness (QED) is 0.785. The minimum Gasteiger partial charge on any atom is -0.465 e. The first-order valence-electron chi connectivity index (χ1n) is 6.25. The lowest BCUT2D eigenvalue weighted by Gasteiger charge is -2.07. The SMILES string of the molecule is COC(=O)c1cccc2c1n(C(C)=O)c(=O)n2C(C)C. The van der Waals surface area contributed by atoms with Crippen molar-refractivity contribution >= 4 is 22.9 Å². The molecule has 1 aromatic carbocycles. The van der Waals surface area contributed by atoms with Gasteiger partial charge in [-0.1, -0.05) is 6.07 Å². The zero-order valence-electron chi connectivity index (χ0n) is 11.8. The first kappa shape index (κ1) is 14.0. The smallest absolute Gasteiger partial charge is 0.340 e. The summed E-state index contributed by atoms with van der Waals surface area (Å²) in [5.41, 5.74) is 0.601. The highest BCUT2D eigenvalue weighted by Crippen LogP contribution is 2.21. The van der Waals surface area contributed by atoms with Gasteiger partial charge >= 0.3 is 11.7 Å². The molecule has 2 aromatic rings. The Morgan fingerprint density at radius 1 is 1.25 bits per heavy atom. The number of aromatic nitrogens is 2. The van der Waals surface area contributed by atoms with Crippen LogP contribution in [0, 0.1) is 0 Å². The molecule has 1 aromatic heterocycles. The molecule has 20 heavy (non-hydrogen) atoms. The van der Waals surface area contributed by atoms with Gasteiger partial charge in [0, 0.05) is 13.0 Å². The van der Waals surface area contributed by atoms with Crippen molar-refractivity contribution in [2.45, 2.75) is 26.8 Å². The number of carbonyl (C=O) groups excluding carboxylic acids is 2. The maximum absolute atomic E-state index is 12.4. The number of rotatable bonds is 2. The molecule has 0 saturated heterocycles. The van der Waals surface area contributed by atoms with Crippen molar-refractivity contribution in [2.24, 2.45) is 0 Å². The summed E-state index contributed by atoms with van der Waals surface area (Å²) in [6.45, 7) is 4.98. The third kappa shape index (κ3) is 1.93. The summed E-state index contributed by atoms with van der Waals surface area (Å²) in [5, 5.41) is 0. The van der Waals surface area contributed by atoms with Crippen molar-refractivity contribution in [1.29, 1.82) is 0 Å². The van der Waals surface area contributed by atoms with Gasteiger partial charge in [0.15, 0.2) is 0 Å². The minimum absolute atomic E-state index is 0.126. The monoisotopic (exact) mass is 276 g/mol. The number of hydrogen-bond acceptors (Lipinski definition) is 4. The molecule has 1 heterocycles. The van der Waals surface area contributed by atoms with Crippen LogP contribution < -0.4 is 5.69 Å². The van der Waals surface area contributed by atoms with Crippen molar-refractivity contribution in [1.82, 2.24) is 9.13 Å². The molecule has 0 aliphatic rings. The second-order valence-corrected chi connectivity index (χ2v) is 4.77. The highest BCUT2D eigenvalue weighted by molar-refractivity contribution is 6.05. The predicted molar refractivity (Wildman–Crippen MR) is 74.2 cm³/mol. The van der Waals surface area contributed by atoms with Crippen LogP contribution in [0.2, 0.25) is 0 Å². The van der Waals surface area contributed by atoms with Gasteiger partial charge in [0.1, 0.15) is 0 Å². The molecule has 0 atom stereocenters. The second-order valence-electron chi connectivity index (χ2n) is 4.77. The molecule has 0 N–H and O–H groups in total. The van der Waals surface area contributed by atoms with Crippen LogP contribution in [0.1, 0.15) is 42.0 Å². The van der Waals surface area contributed by atoms with E-state index < -0.39 is 17.6 Å². The van der Waals surface area contributed by atoms with Crippen LogP contribution in [-0.4, -0.2) is 28.1 Å². The molecule has 0 fully saturated rings. The molecule has 0 radical (unpaired) electrons. The highest BCUT2D eigenvalue weighted by atomic mass is 16.5. The van der Waals surface area contributed by atoms with Gasteiger partial charge in [-0.2, -0.15) is 0 Å².